The summed E-state index contributed by atoms with van der Waals surface area (Å²) in [6, 6.07) is 16.7. The van der Waals surface area contributed by atoms with E-state index in [2.05, 4.69) is 47.1 Å². The lowest BCUT2D eigenvalue weighted by Gasteiger charge is -2.37. The van der Waals surface area contributed by atoms with Crippen LogP contribution in [0.25, 0.3) is 0 Å². The van der Waals surface area contributed by atoms with Crippen molar-refractivity contribution in [1.29, 1.82) is 0 Å². The van der Waals surface area contributed by atoms with Crippen LogP contribution in [-0.4, -0.2) is 43.8 Å². The van der Waals surface area contributed by atoms with Crippen molar-refractivity contribution >= 4 is 41.3 Å². The number of hydrogen-bond acceptors (Lipinski definition) is 3. The Balaban J connectivity index is 0.00000324. The predicted octanol–water partition coefficient (Wildman–Crippen LogP) is 7.87. The number of hydrogen-bond donors (Lipinski definition) is 0. The van der Waals surface area contributed by atoms with E-state index in [0.29, 0.717) is 21.5 Å². The minimum absolute atomic E-state index is 0. The molecule has 0 N–H and O–H groups in total. The summed E-state index contributed by atoms with van der Waals surface area (Å²) in [5.74, 6) is 0. The molecule has 0 spiro atoms. The van der Waals surface area contributed by atoms with Crippen LogP contribution in [0.1, 0.15) is 57.4 Å². The number of benzene rings is 2. The van der Waals surface area contributed by atoms with Crippen molar-refractivity contribution in [2.75, 3.05) is 37.7 Å². The molecule has 34 heavy (non-hydrogen) atoms. The van der Waals surface area contributed by atoms with E-state index in [4.69, 9.17) is 27.9 Å². The quantitative estimate of drug-likeness (QED) is 0.314. The van der Waals surface area contributed by atoms with E-state index in [1.165, 1.54) is 50.5 Å². The van der Waals surface area contributed by atoms with Gasteiger partial charge in [-0.05, 0) is 61.9 Å². The van der Waals surface area contributed by atoms with Gasteiger partial charge in [0.05, 0.1) is 35.0 Å². The number of halogens is 3. The van der Waals surface area contributed by atoms with E-state index >= 15 is 0 Å². The lowest BCUT2D eigenvalue weighted by atomic mass is 9.76. The summed E-state index contributed by atoms with van der Waals surface area (Å²) in [6.07, 6.45) is 9.16. The number of anilines is 1. The summed E-state index contributed by atoms with van der Waals surface area (Å²) in [4.78, 5) is 4.96. The van der Waals surface area contributed by atoms with Crippen LogP contribution in [0, 0.1) is 5.41 Å². The van der Waals surface area contributed by atoms with Crippen molar-refractivity contribution in [2.24, 2.45) is 5.41 Å². The lowest BCUT2D eigenvalue weighted by molar-refractivity contribution is 0.00474. The topological polar surface area (TPSA) is 15.7 Å². The van der Waals surface area contributed by atoms with Crippen LogP contribution < -0.4 is 4.90 Å². The molecule has 1 saturated carbocycles. The van der Waals surface area contributed by atoms with E-state index in [1.807, 2.05) is 18.2 Å². The van der Waals surface area contributed by atoms with Gasteiger partial charge in [-0.2, -0.15) is 0 Å². The Morgan fingerprint density at radius 3 is 2.21 bits per heavy atom. The highest BCUT2D eigenvalue weighted by molar-refractivity contribution is 6.39. The zero-order chi connectivity index (χ0) is 23.1. The SMILES string of the molecule is CC1(COCC(CN(Cc2ccccc2)c2c(Cl)cccc2Cl)N2CCCC2)CCCCC1.Cl. The van der Waals surface area contributed by atoms with Gasteiger partial charge < -0.3 is 9.64 Å². The average molecular weight is 526 g/mol. The number of para-hydroxylation sites is 1. The first-order chi connectivity index (χ1) is 16.0. The van der Waals surface area contributed by atoms with Gasteiger partial charge in [-0.3, -0.25) is 4.90 Å². The predicted molar refractivity (Wildman–Crippen MR) is 148 cm³/mol. The van der Waals surface area contributed by atoms with Crippen molar-refractivity contribution in [3.05, 3.63) is 64.1 Å². The summed E-state index contributed by atoms with van der Waals surface area (Å²) in [7, 11) is 0. The molecule has 1 heterocycles. The second kappa shape index (κ2) is 13.4. The molecule has 0 aromatic heterocycles. The summed E-state index contributed by atoms with van der Waals surface area (Å²) >= 11 is 13.4. The molecule has 1 unspecified atom stereocenters. The number of rotatable bonds is 10. The standard InChI is InChI=1S/C28H38Cl2N2O.ClH/c1-28(15-6-3-7-16-28)22-33-21-24(31-17-8-9-18-31)20-32(19-23-11-4-2-5-12-23)27-25(29)13-10-14-26(27)30;/h2,4-5,10-14,24H,3,6-9,15-22H2,1H3;1H. The normalized spacial score (nSPS) is 18.9. The van der Waals surface area contributed by atoms with Gasteiger partial charge in [0.1, 0.15) is 0 Å². The van der Waals surface area contributed by atoms with Gasteiger partial charge in [0.2, 0.25) is 0 Å². The van der Waals surface area contributed by atoms with Crippen molar-refractivity contribution in [2.45, 2.75) is 64.5 Å². The molecule has 3 nitrogen and oxygen atoms in total. The summed E-state index contributed by atoms with van der Waals surface area (Å²) in [5.41, 5.74) is 2.52. The largest absolute Gasteiger partial charge is 0.379 e. The maximum atomic E-state index is 6.69. The fourth-order valence-electron chi connectivity index (χ4n) is 5.46. The minimum atomic E-state index is 0. The summed E-state index contributed by atoms with van der Waals surface area (Å²) < 4.78 is 6.46. The van der Waals surface area contributed by atoms with Gasteiger partial charge in [-0.15, -0.1) is 12.4 Å². The highest BCUT2D eigenvalue weighted by Gasteiger charge is 2.30. The van der Waals surface area contributed by atoms with Crippen molar-refractivity contribution in [3.8, 4) is 0 Å². The van der Waals surface area contributed by atoms with Gasteiger partial charge in [-0.25, -0.2) is 0 Å². The second-order valence-corrected chi connectivity index (χ2v) is 11.0. The van der Waals surface area contributed by atoms with E-state index in [0.717, 1.165) is 45.1 Å². The fraction of sp³-hybridized carbons (Fsp3) is 0.571. The van der Waals surface area contributed by atoms with Crippen molar-refractivity contribution in [3.63, 3.8) is 0 Å². The monoisotopic (exact) mass is 524 g/mol. The Labute approximate surface area is 222 Å². The molecular formula is C28H39Cl3N2O. The van der Waals surface area contributed by atoms with Gasteiger partial charge in [-0.1, -0.05) is 85.8 Å². The minimum Gasteiger partial charge on any atom is -0.379 e. The third-order valence-corrected chi connectivity index (χ3v) is 7.99. The zero-order valence-corrected chi connectivity index (χ0v) is 22.7. The third kappa shape index (κ3) is 7.51. The second-order valence-electron chi connectivity index (χ2n) is 10.2. The molecule has 2 aliphatic rings. The number of likely N-dealkylation sites (tertiary alicyclic amines) is 1. The van der Waals surface area contributed by atoms with Crippen LogP contribution in [0.5, 0.6) is 0 Å². The van der Waals surface area contributed by atoms with Crippen molar-refractivity contribution in [1.82, 2.24) is 4.90 Å². The smallest absolute Gasteiger partial charge is 0.0748 e. The first-order valence-corrected chi connectivity index (χ1v) is 13.3. The van der Waals surface area contributed by atoms with Gasteiger partial charge >= 0.3 is 0 Å². The molecule has 1 aliphatic heterocycles. The van der Waals surface area contributed by atoms with E-state index < -0.39 is 0 Å². The Kier molecular flexibility index (Phi) is 10.9. The van der Waals surface area contributed by atoms with Crippen LogP contribution in [0.15, 0.2) is 48.5 Å². The Morgan fingerprint density at radius 1 is 0.912 bits per heavy atom. The molecule has 6 heteroatoms. The first-order valence-electron chi connectivity index (χ1n) is 12.6. The van der Waals surface area contributed by atoms with E-state index in [-0.39, 0.29) is 12.4 Å². The molecular weight excluding hydrogens is 487 g/mol. The fourth-order valence-corrected chi connectivity index (χ4v) is 6.09. The van der Waals surface area contributed by atoms with E-state index in [9.17, 15) is 0 Å². The maximum absolute atomic E-state index is 6.69. The number of nitrogens with zero attached hydrogens (tertiary/aromatic N) is 2. The highest BCUT2D eigenvalue weighted by atomic mass is 35.5. The summed E-state index contributed by atoms with van der Waals surface area (Å²) in [5, 5.41) is 1.41. The molecule has 1 aliphatic carbocycles. The molecule has 188 valence electrons. The van der Waals surface area contributed by atoms with Crippen LogP contribution in [-0.2, 0) is 11.3 Å². The number of ether oxygens (including phenoxy) is 1. The van der Waals surface area contributed by atoms with Crippen molar-refractivity contribution < 1.29 is 4.74 Å². The molecule has 1 saturated heterocycles. The van der Waals surface area contributed by atoms with Crippen LogP contribution in [0.4, 0.5) is 5.69 Å². The molecule has 2 fully saturated rings. The molecule has 2 aromatic carbocycles. The van der Waals surface area contributed by atoms with Gasteiger partial charge in [0.25, 0.3) is 0 Å². The summed E-state index contributed by atoms with van der Waals surface area (Å²) in [6.45, 7) is 7.91. The molecule has 1 atom stereocenters. The Morgan fingerprint density at radius 2 is 1.56 bits per heavy atom. The van der Waals surface area contributed by atoms with E-state index in [1.54, 1.807) is 0 Å². The molecule has 4 rings (SSSR count). The maximum Gasteiger partial charge on any atom is 0.0748 e. The van der Waals surface area contributed by atoms with Crippen LogP contribution in [0.2, 0.25) is 10.0 Å². The molecule has 0 amide bonds. The Hall–Kier alpha value is -0.970. The molecule has 0 bridgehead atoms. The van der Waals surface area contributed by atoms with Crippen LogP contribution >= 0.6 is 35.6 Å². The van der Waals surface area contributed by atoms with Crippen LogP contribution in [0.3, 0.4) is 0 Å². The first kappa shape index (κ1) is 27.6. The zero-order valence-electron chi connectivity index (χ0n) is 20.4. The lowest BCUT2D eigenvalue weighted by Crippen LogP contribution is -2.46. The highest BCUT2D eigenvalue weighted by Crippen LogP contribution is 2.37. The third-order valence-electron chi connectivity index (χ3n) is 7.38. The molecule has 0 radical (unpaired) electrons. The average Bonchev–Trinajstić information content (AvgIpc) is 3.34. The van der Waals surface area contributed by atoms with Gasteiger partial charge in [0.15, 0.2) is 0 Å². The van der Waals surface area contributed by atoms with Gasteiger partial charge in [0, 0.05) is 13.1 Å². The Bertz CT molecular complexity index is 847. The molecule has 2 aromatic rings.